The summed E-state index contributed by atoms with van der Waals surface area (Å²) in [6, 6.07) is 6.12. The second kappa shape index (κ2) is 11.4. The van der Waals surface area contributed by atoms with E-state index in [0.29, 0.717) is 28.5 Å². The number of oxime groups is 1. The van der Waals surface area contributed by atoms with E-state index < -0.39 is 23.4 Å². The molecule has 0 bridgehead atoms. The molecule has 0 aliphatic carbocycles. The molecule has 10 heteroatoms. The van der Waals surface area contributed by atoms with E-state index in [1.54, 1.807) is 12.1 Å². The molecule has 168 valence electrons. The highest BCUT2D eigenvalue weighted by atomic mass is 35.5. The number of rotatable bonds is 9. The molecular weight excluding hydrogens is 451 g/mol. The van der Waals surface area contributed by atoms with E-state index in [4.69, 9.17) is 16.8 Å². The van der Waals surface area contributed by atoms with Crippen LogP contribution in [0, 0.1) is 23.4 Å². The molecule has 2 rings (SSSR count). The molecular formula is C21H23ClF3N3O2S. The van der Waals surface area contributed by atoms with Crippen molar-refractivity contribution in [3.8, 4) is 0 Å². The Morgan fingerprint density at radius 1 is 1.23 bits per heavy atom. The van der Waals surface area contributed by atoms with Gasteiger partial charge in [-0.25, -0.2) is 13.2 Å². The number of anilines is 1. The van der Waals surface area contributed by atoms with Crippen LogP contribution < -0.4 is 10.6 Å². The second-order valence-corrected chi connectivity index (χ2v) is 8.75. The normalized spacial score (nSPS) is 14.4. The number of halogens is 4. The first kappa shape index (κ1) is 25.0. The third kappa shape index (κ3) is 6.88. The molecule has 0 saturated heterocycles. The maximum Gasteiger partial charge on any atom is 0.255 e. The summed E-state index contributed by atoms with van der Waals surface area (Å²) in [5.41, 5.74) is 0.0159. The molecule has 0 aliphatic rings. The van der Waals surface area contributed by atoms with Gasteiger partial charge in [-0.05, 0) is 44.5 Å². The summed E-state index contributed by atoms with van der Waals surface area (Å²) in [4.78, 5) is 13.2. The van der Waals surface area contributed by atoms with E-state index in [2.05, 4.69) is 15.8 Å². The van der Waals surface area contributed by atoms with Gasteiger partial charge in [0.15, 0.2) is 17.5 Å². The molecule has 0 heterocycles. The lowest BCUT2D eigenvalue weighted by atomic mass is 10.0. The Hall–Kier alpha value is -2.23. The molecule has 5 nitrogen and oxygen atoms in total. The number of hydrogen-bond donors (Lipinski definition) is 3. The van der Waals surface area contributed by atoms with E-state index in [0.717, 1.165) is 0 Å². The first-order valence-electron chi connectivity index (χ1n) is 9.43. The van der Waals surface area contributed by atoms with Crippen molar-refractivity contribution in [2.24, 2.45) is 11.1 Å². The van der Waals surface area contributed by atoms with Crippen LogP contribution in [0.25, 0.3) is 0 Å². The predicted molar refractivity (Wildman–Crippen MR) is 118 cm³/mol. The van der Waals surface area contributed by atoms with E-state index in [9.17, 15) is 18.0 Å². The van der Waals surface area contributed by atoms with Gasteiger partial charge in [0.05, 0.1) is 5.02 Å². The highest BCUT2D eigenvalue weighted by molar-refractivity contribution is 8.00. The zero-order valence-electron chi connectivity index (χ0n) is 17.1. The number of carbonyl (C=O) groups is 1. The Morgan fingerprint density at radius 3 is 2.45 bits per heavy atom. The molecule has 0 spiro atoms. The first-order chi connectivity index (χ1) is 14.7. The van der Waals surface area contributed by atoms with Crippen LogP contribution in [-0.4, -0.2) is 35.7 Å². The number of amides is 1. The summed E-state index contributed by atoms with van der Waals surface area (Å²) in [7, 11) is 1.83. The van der Waals surface area contributed by atoms with Crippen LogP contribution in [0.4, 0.5) is 18.9 Å². The summed E-state index contributed by atoms with van der Waals surface area (Å²) in [5, 5.41) is 17.9. The largest absolute Gasteiger partial charge is 0.411 e. The van der Waals surface area contributed by atoms with Crippen LogP contribution >= 0.6 is 23.4 Å². The maximum atomic E-state index is 13.4. The van der Waals surface area contributed by atoms with Gasteiger partial charge in [0, 0.05) is 45.8 Å². The Balaban J connectivity index is 2.24. The quantitative estimate of drug-likeness (QED) is 0.146. The third-order valence-electron chi connectivity index (χ3n) is 4.65. The minimum absolute atomic E-state index is 0.00632. The number of hydrogen-bond acceptors (Lipinski definition) is 5. The van der Waals surface area contributed by atoms with Crippen LogP contribution in [-0.2, 0) is 0 Å². The molecule has 31 heavy (non-hydrogen) atoms. The van der Waals surface area contributed by atoms with Gasteiger partial charge in [0.2, 0.25) is 0 Å². The van der Waals surface area contributed by atoms with Gasteiger partial charge in [0.25, 0.3) is 5.91 Å². The average molecular weight is 474 g/mol. The fraction of sp³-hybridized carbons (Fsp3) is 0.333. The van der Waals surface area contributed by atoms with Crippen molar-refractivity contribution in [2.45, 2.75) is 36.5 Å². The first-order valence-corrected chi connectivity index (χ1v) is 10.7. The van der Waals surface area contributed by atoms with Gasteiger partial charge in [-0.15, -0.1) is 16.9 Å². The molecule has 2 aromatic rings. The van der Waals surface area contributed by atoms with Gasteiger partial charge < -0.3 is 15.8 Å². The highest BCUT2D eigenvalue weighted by Gasteiger charge is 2.22. The molecule has 0 aliphatic heterocycles. The van der Waals surface area contributed by atoms with Gasteiger partial charge in [0.1, 0.15) is 0 Å². The summed E-state index contributed by atoms with van der Waals surface area (Å²) < 4.78 is 39.9. The minimum Gasteiger partial charge on any atom is -0.411 e. The van der Waals surface area contributed by atoms with Crippen LogP contribution in [0.5, 0.6) is 0 Å². The van der Waals surface area contributed by atoms with Crippen molar-refractivity contribution < 1.29 is 23.2 Å². The van der Waals surface area contributed by atoms with Crippen molar-refractivity contribution in [1.29, 1.82) is 0 Å². The Labute approximate surface area is 188 Å². The van der Waals surface area contributed by atoms with E-state index in [-0.39, 0.29) is 28.5 Å². The number of thioether (sulfide) groups is 1. The maximum absolute atomic E-state index is 13.4. The Morgan fingerprint density at radius 2 is 1.87 bits per heavy atom. The predicted octanol–water partition coefficient (Wildman–Crippen LogP) is 5.56. The second-order valence-electron chi connectivity index (χ2n) is 7.06. The van der Waals surface area contributed by atoms with Crippen molar-refractivity contribution in [3.63, 3.8) is 0 Å². The topological polar surface area (TPSA) is 73.7 Å². The molecule has 0 aromatic heterocycles. The summed E-state index contributed by atoms with van der Waals surface area (Å²) in [6.07, 6.45) is 2.12. The monoisotopic (exact) mass is 473 g/mol. The highest BCUT2D eigenvalue weighted by Crippen LogP contribution is 2.35. The lowest BCUT2D eigenvalue weighted by Crippen LogP contribution is -2.34. The fourth-order valence-electron chi connectivity index (χ4n) is 2.81. The summed E-state index contributed by atoms with van der Waals surface area (Å²) in [6.45, 7) is 3.92. The number of benzene rings is 2. The van der Waals surface area contributed by atoms with Crippen LogP contribution in [0.3, 0.4) is 0 Å². The SMILES string of the molecule is CNC(C)C(CC(C)/C=N/O)Sc1cc(C(=O)Nc2cc(F)c(F)c(F)c2)ccc1Cl. The Kier molecular flexibility index (Phi) is 9.21. The van der Waals surface area contributed by atoms with Crippen molar-refractivity contribution in [2.75, 3.05) is 12.4 Å². The molecule has 3 N–H and O–H groups in total. The average Bonchev–Trinajstić information content (AvgIpc) is 2.72. The molecule has 0 fully saturated rings. The van der Waals surface area contributed by atoms with Gasteiger partial charge in [-0.1, -0.05) is 18.5 Å². The lowest BCUT2D eigenvalue weighted by molar-refractivity contribution is 0.102. The van der Waals surface area contributed by atoms with Crippen molar-refractivity contribution in [3.05, 3.63) is 58.4 Å². The lowest BCUT2D eigenvalue weighted by Gasteiger charge is -2.25. The minimum atomic E-state index is -1.60. The van der Waals surface area contributed by atoms with E-state index in [1.807, 2.05) is 20.9 Å². The molecule has 1 amide bonds. The van der Waals surface area contributed by atoms with Crippen LogP contribution in [0.2, 0.25) is 5.02 Å². The van der Waals surface area contributed by atoms with Crippen molar-refractivity contribution >= 4 is 41.2 Å². The Bertz CT molecular complexity index is 938. The zero-order chi connectivity index (χ0) is 23.1. The smallest absolute Gasteiger partial charge is 0.255 e. The van der Waals surface area contributed by atoms with E-state index in [1.165, 1.54) is 24.0 Å². The summed E-state index contributed by atoms with van der Waals surface area (Å²) >= 11 is 7.79. The van der Waals surface area contributed by atoms with Gasteiger partial charge >= 0.3 is 0 Å². The third-order valence-corrected chi connectivity index (χ3v) is 6.59. The summed E-state index contributed by atoms with van der Waals surface area (Å²) in [5.74, 6) is -5.01. The molecule has 3 unspecified atom stereocenters. The van der Waals surface area contributed by atoms with Crippen LogP contribution in [0.1, 0.15) is 30.6 Å². The fourth-order valence-corrected chi connectivity index (χ4v) is 4.50. The molecule has 2 aromatic carbocycles. The van der Waals surface area contributed by atoms with Crippen LogP contribution in [0.15, 0.2) is 40.4 Å². The van der Waals surface area contributed by atoms with E-state index >= 15 is 0 Å². The number of nitrogens with one attached hydrogen (secondary N) is 2. The zero-order valence-corrected chi connectivity index (χ0v) is 18.7. The van der Waals surface area contributed by atoms with Crippen molar-refractivity contribution in [1.82, 2.24) is 5.32 Å². The molecule has 0 radical (unpaired) electrons. The number of carbonyl (C=O) groups excluding carboxylic acids is 1. The molecule has 0 saturated carbocycles. The molecule has 3 atom stereocenters. The standard InChI is InChI=1S/C21H23ClF3N3O2S/c1-11(10-27-30)6-18(12(2)26-3)31-19-7-13(4-5-15(19)22)21(29)28-14-8-16(23)20(25)17(24)9-14/h4-5,7-12,18,26,30H,6H2,1-3H3,(H,28,29)/b27-10+. The van der Waals surface area contributed by atoms with Gasteiger partial charge in [-0.3, -0.25) is 4.79 Å². The number of nitrogens with zero attached hydrogens (tertiary/aromatic N) is 1. The van der Waals surface area contributed by atoms with Gasteiger partial charge in [-0.2, -0.15) is 0 Å².